The molecule has 172 valence electrons. The molecule has 0 aliphatic carbocycles. The first kappa shape index (κ1) is 22.0. The third kappa shape index (κ3) is 4.63. The van der Waals surface area contributed by atoms with Crippen LogP contribution in [0.25, 0.3) is 0 Å². The fraction of sp³-hybridized carbons (Fsp3) is 0.192. The van der Waals surface area contributed by atoms with Crippen molar-refractivity contribution in [3.63, 3.8) is 0 Å². The molecule has 4 aromatic rings. The summed E-state index contributed by atoms with van der Waals surface area (Å²) in [5.41, 5.74) is 7.41. The van der Waals surface area contributed by atoms with Crippen molar-refractivity contribution >= 4 is 23.4 Å². The van der Waals surface area contributed by atoms with Gasteiger partial charge in [0.2, 0.25) is 11.1 Å². The number of amides is 1. The van der Waals surface area contributed by atoms with E-state index in [-0.39, 0.29) is 18.6 Å². The first-order valence-electron chi connectivity index (χ1n) is 11.1. The number of nitrogens with one attached hydrogen (secondary N) is 2. The minimum absolute atomic E-state index is 0.0867. The molecule has 0 saturated carbocycles. The van der Waals surface area contributed by atoms with E-state index in [1.165, 1.54) is 11.8 Å². The van der Waals surface area contributed by atoms with Crippen LogP contribution < -0.4 is 15.5 Å². The maximum Gasteiger partial charge on any atom is 0.240 e. The third-order valence-corrected chi connectivity index (χ3v) is 6.90. The summed E-state index contributed by atoms with van der Waals surface area (Å²) < 4.78 is 7.71. The number of hydrogen-bond acceptors (Lipinski definition) is 6. The maximum atomic E-state index is 13.5. The summed E-state index contributed by atoms with van der Waals surface area (Å²) in [6.45, 7) is 4.26. The zero-order valence-corrected chi connectivity index (χ0v) is 19.8. The highest BCUT2D eigenvalue weighted by atomic mass is 32.2. The second-order valence-corrected chi connectivity index (χ2v) is 9.31. The largest absolute Gasteiger partial charge is 0.486 e. The molecule has 2 N–H and O–H groups in total. The number of hydrogen-bond donors (Lipinski definition) is 2. The number of aryl methyl sites for hydroxylation is 2. The predicted octanol–water partition coefficient (Wildman–Crippen LogP) is 4.87. The molecule has 3 aromatic carbocycles. The molecule has 0 spiro atoms. The molecule has 1 aliphatic heterocycles. The molecular formula is C26H25N5O2S. The second kappa shape index (κ2) is 9.61. The summed E-state index contributed by atoms with van der Waals surface area (Å²) in [6.07, 6.45) is 0. The van der Waals surface area contributed by atoms with Crippen LogP contribution in [0.1, 0.15) is 28.6 Å². The minimum atomic E-state index is -0.443. The Kier molecular flexibility index (Phi) is 6.22. The topological polar surface area (TPSA) is 81.1 Å². The van der Waals surface area contributed by atoms with Gasteiger partial charge in [-0.05, 0) is 48.7 Å². The number of fused-ring (bicyclic) bond motifs is 1. The van der Waals surface area contributed by atoms with E-state index in [2.05, 4.69) is 20.9 Å². The SMILES string of the molecule is Cc1ccc(C)c(NC(=O)[C@H]2Sc3nnc(COc4ccccc4)n3N[C@@H]2c2ccccc2)c1. The summed E-state index contributed by atoms with van der Waals surface area (Å²) in [5.74, 6) is 1.31. The smallest absolute Gasteiger partial charge is 0.240 e. The van der Waals surface area contributed by atoms with Gasteiger partial charge in [-0.2, -0.15) is 0 Å². The van der Waals surface area contributed by atoms with Crippen molar-refractivity contribution in [1.29, 1.82) is 0 Å². The zero-order valence-electron chi connectivity index (χ0n) is 18.9. The van der Waals surface area contributed by atoms with E-state index in [1.54, 1.807) is 0 Å². The van der Waals surface area contributed by atoms with E-state index in [4.69, 9.17) is 4.74 Å². The highest BCUT2D eigenvalue weighted by molar-refractivity contribution is 8.00. The van der Waals surface area contributed by atoms with Crippen LogP contribution in [0, 0.1) is 13.8 Å². The Bertz CT molecular complexity index is 1290. The molecule has 0 bridgehead atoms. The molecule has 5 rings (SSSR count). The Morgan fingerprint density at radius 3 is 2.53 bits per heavy atom. The third-order valence-electron chi connectivity index (χ3n) is 5.68. The van der Waals surface area contributed by atoms with E-state index < -0.39 is 5.25 Å². The van der Waals surface area contributed by atoms with Gasteiger partial charge in [-0.1, -0.05) is 72.4 Å². The lowest BCUT2D eigenvalue weighted by molar-refractivity contribution is -0.116. The lowest BCUT2D eigenvalue weighted by atomic mass is 10.0. The second-order valence-electron chi connectivity index (χ2n) is 8.20. The van der Waals surface area contributed by atoms with Crippen molar-refractivity contribution in [2.75, 3.05) is 10.7 Å². The fourth-order valence-corrected chi connectivity index (χ4v) is 4.94. The number of ether oxygens (including phenoxy) is 1. The summed E-state index contributed by atoms with van der Waals surface area (Å²) in [6, 6.07) is 25.3. The van der Waals surface area contributed by atoms with Gasteiger partial charge < -0.3 is 15.5 Å². The molecule has 1 amide bonds. The van der Waals surface area contributed by atoms with Gasteiger partial charge in [-0.3, -0.25) is 4.79 Å². The number of para-hydroxylation sites is 1. The van der Waals surface area contributed by atoms with Gasteiger partial charge in [-0.25, -0.2) is 4.68 Å². The van der Waals surface area contributed by atoms with Crippen molar-refractivity contribution in [2.24, 2.45) is 0 Å². The molecule has 2 atom stereocenters. The number of nitrogens with zero attached hydrogens (tertiary/aromatic N) is 3. The van der Waals surface area contributed by atoms with Crippen molar-refractivity contribution in [2.45, 2.75) is 36.9 Å². The van der Waals surface area contributed by atoms with Crippen molar-refractivity contribution in [1.82, 2.24) is 14.9 Å². The van der Waals surface area contributed by atoms with Crippen LogP contribution in [0.15, 0.2) is 84.0 Å². The molecule has 0 radical (unpaired) electrons. The fourth-order valence-electron chi connectivity index (χ4n) is 3.84. The van der Waals surface area contributed by atoms with Crippen molar-refractivity contribution in [3.05, 3.63) is 101 Å². The molecule has 1 aliphatic rings. The average molecular weight is 472 g/mol. The number of benzene rings is 3. The monoisotopic (exact) mass is 471 g/mol. The molecule has 0 unspecified atom stereocenters. The molecule has 0 saturated heterocycles. The van der Waals surface area contributed by atoms with Gasteiger partial charge in [0.1, 0.15) is 17.6 Å². The molecular weight excluding hydrogens is 446 g/mol. The van der Waals surface area contributed by atoms with Crippen LogP contribution in [0.2, 0.25) is 0 Å². The standard InChI is InChI=1S/C26H25N5O2S/c1-17-13-14-18(2)21(15-17)27-25(32)24-23(19-9-5-3-6-10-19)30-31-22(28-29-26(31)34-24)16-33-20-11-7-4-8-12-20/h3-15,23-24,30H,16H2,1-2H3,(H,27,32)/t23-,24+/m1/s1. The Hall–Kier alpha value is -3.78. The quantitative estimate of drug-likeness (QED) is 0.418. The number of carbonyl (C=O) groups excluding carboxylic acids is 1. The van der Waals surface area contributed by atoms with E-state index in [0.29, 0.717) is 11.0 Å². The maximum absolute atomic E-state index is 13.5. The lowest BCUT2D eigenvalue weighted by Gasteiger charge is -2.33. The van der Waals surface area contributed by atoms with Crippen LogP contribution in [-0.4, -0.2) is 26.0 Å². The van der Waals surface area contributed by atoms with Crippen LogP contribution in [0.5, 0.6) is 5.75 Å². The summed E-state index contributed by atoms with van der Waals surface area (Å²) in [7, 11) is 0. The van der Waals surface area contributed by atoms with Gasteiger partial charge in [-0.15, -0.1) is 10.2 Å². The molecule has 2 heterocycles. The summed E-state index contributed by atoms with van der Waals surface area (Å²) >= 11 is 1.40. The molecule has 8 heteroatoms. The molecule has 7 nitrogen and oxygen atoms in total. The highest BCUT2D eigenvalue weighted by Gasteiger charge is 2.38. The Balaban J connectivity index is 1.42. The van der Waals surface area contributed by atoms with Crippen LogP contribution >= 0.6 is 11.8 Å². The van der Waals surface area contributed by atoms with Crippen LogP contribution in [0.3, 0.4) is 0 Å². The first-order chi connectivity index (χ1) is 16.6. The van der Waals surface area contributed by atoms with Crippen LogP contribution in [-0.2, 0) is 11.4 Å². The summed E-state index contributed by atoms with van der Waals surface area (Å²) in [4.78, 5) is 13.5. The van der Waals surface area contributed by atoms with Crippen molar-refractivity contribution < 1.29 is 9.53 Å². The number of carbonyl (C=O) groups is 1. The van der Waals surface area contributed by atoms with Gasteiger partial charge in [0, 0.05) is 5.69 Å². The van der Waals surface area contributed by atoms with Gasteiger partial charge >= 0.3 is 0 Å². The Labute approximate surface area is 202 Å². The number of aromatic nitrogens is 3. The van der Waals surface area contributed by atoms with E-state index in [1.807, 2.05) is 97.4 Å². The van der Waals surface area contributed by atoms with Crippen LogP contribution in [0.4, 0.5) is 5.69 Å². The van der Waals surface area contributed by atoms with Gasteiger partial charge in [0.25, 0.3) is 0 Å². The first-order valence-corrected chi connectivity index (χ1v) is 11.9. The average Bonchev–Trinajstić information content (AvgIpc) is 3.27. The highest BCUT2D eigenvalue weighted by Crippen LogP contribution is 2.37. The van der Waals surface area contributed by atoms with E-state index in [9.17, 15) is 4.79 Å². The number of anilines is 1. The predicted molar refractivity (Wildman–Crippen MR) is 134 cm³/mol. The summed E-state index contributed by atoms with van der Waals surface area (Å²) in [5, 5.41) is 11.9. The molecule has 0 fully saturated rings. The van der Waals surface area contributed by atoms with Gasteiger partial charge in [0.05, 0.1) is 6.04 Å². The molecule has 34 heavy (non-hydrogen) atoms. The van der Waals surface area contributed by atoms with E-state index >= 15 is 0 Å². The van der Waals surface area contributed by atoms with Crippen molar-refractivity contribution in [3.8, 4) is 5.75 Å². The van der Waals surface area contributed by atoms with E-state index in [0.717, 1.165) is 28.1 Å². The van der Waals surface area contributed by atoms with Gasteiger partial charge in [0.15, 0.2) is 5.82 Å². The number of thioether (sulfide) groups is 1. The Morgan fingerprint density at radius 1 is 1.03 bits per heavy atom. The lowest BCUT2D eigenvalue weighted by Crippen LogP contribution is -2.41. The Morgan fingerprint density at radius 2 is 1.76 bits per heavy atom. The number of rotatable bonds is 6. The molecule has 1 aromatic heterocycles. The normalized spacial score (nSPS) is 16.9. The minimum Gasteiger partial charge on any atom is -0.486 e. The zero-order chi connectivity index (χ0) is 23.5.